The number of benzene rings is 1. The number of halogens is 6. The minimum absolute atomic E-state index is 0.00222. The first-order valence-corrected chi connectivity index (χ1v) is 9.48. The second kappa shape index (κ2) is 8.65. The van der Waals surface area contributed by atoms with Crippen LogP contribution in [0.1, 0.15) is 27.2 Å². The van der Waals surface area contributed by atoms with E-state index in [2.05, 4.69) is 25.5 Å². The standard InChI is InChI=1S/C21H11F6N5O3/c22-20(23,24)18-14(19(34)31-11-4-6-29-17(8-11)35-21(25,26)27)9-30-32(18)16-3-1-2-12-13(16)5-7-28-15(12)10-33/h1-9,28H,(H,29,31,34). The molecule has 0 bridgehead atoms. The first kappa shape index (κ1) is 23.6. The molecule has 1 aromatic carbocycles. The summed E-state index contributed by atoms with van der Waals surface area (Å²) in [4.78, 5) is 27.2. The van der Waals surface area contributed by atoms with Crippen LogP contribution in [-0.2, 0) is 11.0 Å². The third-order valence-corrected chi connectivity index (χ3v) is 4.66. The van der Waals surface area contributed by atoms with Gasteiger partial charge < -0.3 is 15.4 Å². The summed E-state index contributed by atoms with van der Waals surface area (Å²) in [6, 6.07) is 5.96. The van der Waals surface area contributed by atoms with Crippen molar-refractivity contribution in [1.29, 1.82) is 0 Å². The van der Waals surface area contributed by atoms with Crippen LogP contribution >= 0.6 is 0 Å². The lowest BCUT2D eigenvalue weighted by atomic mass is 10.0. The van der Waals surface area contributed by atoms with Crippen molar-refractivity contribution < 1.29 is 40.7 Å². The number of hydrogen-bond donors (Lipinski definition) is 2. The molecular formula is C21H11F6N5O3. The number of carbonyl (C=O) groups is 1. The van der Waals surface area contributed by atoms with E-state index in [0.717, 1.165) is 12.3 Å². The molecule has 1 aliphatic heterocycles. The number of amides is 1. The number of ether oxygens (including phenoxy) is 1. The molecule has 0 unspecified atom stereocenters. The summed E-state index contributed by atoms with van der Waals surface area (Å²) in [5, 5.41) is 8.44. The van der Waals surface area contributed by atoms with E-state index in [9.17, 15) is 35.9 Å². The number of fused-ring (bicyclic) bond motifs is 1. The Labute approximate surface area is 191 Å². The van der Waals surface area contributed by atoms with Gasteiger partial charge >= 0.3 is 12.5 Å². The summed E-state index contributed by atoms with van der Waals surface area (Å²) in [6.45, 7) is 0. The zero-order valence-electron chi connectivity index (χ0n) is 17.0. The Morgan fingerprint density at radius 2 is 1.91 bits per heavy atom. The normalized spacial score (nSPS) is 13.0. The largest absolute Gasteiger partial charge is 0.574 e. The molecule has 35 heavy (non-hydrogen) atoms. The van der Waals surface area contributed by atoms with Gasteiger partial charge in [-0.25, -0.2) is 14.5 Å². The quantitative estimate of drug-likeness (QED) is 0.416. The number of carbonyl (C=O) groups excluding carboxylic acids is 2. The Bertz CT molecular complexity index is 1390. The molecule has 4 rings (SSSR count). The SMILES string of the molecule is O=C=C1NC=Cc2c1cccc2-n1ncc(C(=O)Nc2ccnc(OC(F)(F)F)c2)c1C(F)(F)F. The lowest BCUT2D eigenvalue weighted by molar-refractivity contribution is -0.276. The number of nitrogens with one attached hydrogen (secondary N) is 2. The van der Waals surface area contributed by atoms with E-state index >= 15 is 0 Å². The predicted octanol–water partition coefficient (Wildman–Crippen LogP) is 4.18. The van der Waals surface area contributed by atoms with Crippen LogP contribution in [0.25, 0.3) is 17.5 Å². The van der Waals surface area contributed by atoms with Crippen LogP contribution in [0.2, 0.25) is 0 Å². The van der Waals surface area contributed by atoms with Crippen molar-refractivity contribution in [3.05, 3.63) is 71.3 Å². The molecule has 2 N–H and O–H groups in total. The van der Waals surface area contributed by atoms with Crippen molar-refractivity contribution >= 4 is 29.3 Å². The predicted molar refractivity (Wildman–Crippen MR) is 109 cm³/mol. The van der Waals surface area contributed by atoms with Crippen molar-refractivity contribution in [3.63, 3.8) is 0 Å². The number of aromatic nitrogens is 3. The Balaban J connectivity index is 1.75. The number of alkyl halides is 6. The maximum Gasteiger partial charge on any atom is 0.574 e. The minimum atomic E-state index is -5.06. The smallest absolute Gasteiger partial charge is 0.388 e. The van der Waals surface area contributed by atoms with Gasteiger partial charge in [-0.3, -0.25) is 4.79 Å². The first-order chi connectivity index (χ1) is 16.5. The molecule has 0 spiro atoms. The third kappa shape index (κ3) is 4.87. The number of pyridine rings is 1. The average Bonchev–Trinajstić information content (AvgIpc) is 3.23. The fraction of sp³-hybridized carbons (Fsp3) is 0.0952. The highest BCUT2D eigenvalue weighted by atomic mass is 19.4. The van der Waals surface area contributed by atoms with E-state index < -0.39 is 35.6 Å². The van der Waals surface area contributed by atoms with Crippen molar-refractivity contribution in [1.82, 2.24) is 20.1 Å². The van der Waals surface area contributed by atoms with E-state index in [1.807, 2.05) is 0 Å². The zero-order valence-corrected chi connectivity index (χ0v) is 17.0. The van der Waals surface area contributed by atoms with Gasteiger partial charge in [-0.2, -0.15) is 18.3 Å². The lowest BCUT2D eigenvalue weighted by Gasteiger charge is -2.19. The first-order valence-electron chi connectivity index (χ1n) is 9.48. The fourth-order valence-corrected chi connectivity index (χ4v) is 3.33. The molecule has 8 nitrogen and oxygen atoms in total. The van der Waals surface area contributed by atoms with E-state index in [4.69, 9.17) is 0 Å². The molecule has 0 fully saturated rings. The zero-order chi connectivity index (χ0) is 25.4. The van der Waals surface area contributed by atoms with Crippen LogP contribution in [0.5, 0.6) is 5.88 Å². The van der Waals surface area contributed by atoms with Gasteiger partial charge in [0.25, 0.3) is 5.91 Å². The molecule has 0 atom stereocenters. The van der Waals surface area contributed by atoms with Crippen LogP contribution in [0.4, 0.5) is 32.0 Å². The third-order valence-electron chi connectivity index (χ3n) is 4.66. The molecule has 0 radical (unpaired) electrons. The maximum absolute atomic E-state index is 14.1. The van der Waals surface area contributed by atoms with E-state index in [1.165, 1.54) is 30.5 Å². The second-order valence-electron chi connectivity index (χ2n) is 6.89. The van der Waals surface area contributed by atoms with Gasteiger partial charge in [0, 0.05) is 35.3 Å². The molecule has 3 heterocycles. The van der Waals surface area contributed by atoms with E-state index in [1.54, 1.807) is 5.94 Å². The molecule has 1 amide bonds. The summed E-state index contributed by atoms with van der Waals surface area (Å²) in [5.41, 5.74) is -2.22. The van der Waals surface area contributed by atoms with Crippen LogP contribution in [-0.4, -0.2) is 33.0 Å². The molecule has 14 heteroatoms. The second-order valence-corrected chi connectivity index (χ2v) is 6.89. The van der Waals surface area contributed by atoms with Gasteiger partial charge in [-0.05, 0) is 18.2 Å². The molecule has 0 aliphatic carbocycles. The summed E-state index contributed by atoms with van der Waals surface area (Å²) < 4.78 is 83.5. The Hall–Kier alpha value is -4.58. The van der Waals surface area contributed by atoms with Gasteiger partial charge in [-0.15, -0.1) is 13.2 Å². The van der Waals surface area contributed by atoms with Crippen LogP contribution in [0.15, 0.2) is 48.9 Å². The molecule has 180 valence electrons. The number of nitrogens with zero attached hydrogens (tertiary/aromatic N) is 3. The van der Waals surface area contributed by atoms with Gasteiger partial charge in [0.1, 0.15) is 5.70 Å². The number of hydrogen-bond acceptors (Lipinski definition) is 6. The summed E-state index contributed by atoms with van der Waals surface area (Å²) >= 11 is 0. The molecule has 0 saturated heterocycles. The lowest BCUT2D eigenvalue weighted by Crippen LogP contribution is -2.22. The van der Waals surface area contributed by atoms with Crippen molar-refractivity contribution in [2.75, 3.05) is 5.32 Å². The molecule has 0 saturated carbocycles. The minimum Gasteiger partial charge on any atom is -0.388 e. The highest BCUT2D eigenvalue weighted by molar-refractivity contribution is 6.05. The van der Waals surface area contributed by atoms with Crippen LogP contribution in [0.3, 0.4) is 0 Å². The molecule has 3 aromatic rings. The Morgan fingerprint density at radius 1 is 1.14 bits per heavy atom. The maximum atomic E-state index is 14.1. The Kier molecular flexibility index (Phi) is 5.82. The van der Waals surface area contributed by atoms with Gasteiger partial charge in [0.2, 0.25) is 5.88 Å². The number of anilines is 1. The van der Waals surface area contributed by atoms with Gasteiger partial charge in [-0.1, -0.05) is 12.1 Å². The van der Waals surface area contributed by atoms with Gasteiger partial charge in [0.15, 0.2) is 11.6 Å². The average molecular weight is 495 g/mol. The van der Waals surface area contributed by atoms with Crippen molar-refractivity contribution in [3.8, 4) is 11.6 Å². The highest BCUT2D eigenvalue weighted by Gasteiger charge is 2.41. The highest BCUT2D eigenvalue weighted by Crippen LogP contribution is 2.36. The van der Waals surface area contributed by atoms with Gasteiger partial charge in [0.05, 0.1) is 17.4 Å². The van der Waals surface area contributed by atoms with Crippen LogP contribution < -0.4 is 15.4 Å². The van der Waals surface area contributed by atoms with E-state index in [-0.39, 0.29) is 28.2 Å². The molecular weight excluding hydrogens is 484 g/mol. The fourth-order valence-electron chi connectivity index (χ4n) is 3.33. The van der Waals surface area contributed by atoms with Crippen molar-refractivity contribution in [2.45, 2.75) is 12.5 Å². The topological polar surface area (TPSA) is 98.1 Å². The Morgan fingerprint density at radius 3 is 2.60 bits per heavy atom. The summed E-state index contributed by atoms with van der Waals surface area (Å²) in [6.07, 6.45) is -5.81. The van der Waals surface area contributed by atoms with Crippen molar-refractivity contribution in [2.24, 2.45) is 0 Å². The summed E-state index contributed by atoms with van der Waals surface area (Å²) in [7, 11) is 0. The van der Waals surface area contributed by atoms with Crippen LogP contribution in [0, 0.1) is 0 Å². The number of rotatable bonds is 4. The molecule has 1 aliphatic rings. The summed E-state index contributed by atoms with van der Waals surface area (Å²) in [5.74, 6) is -0.552. The molecule has 2 aromatic heterocycles. The van der Waals surface area contributed by atoms with E-state index in [0.29, 0.717) is 16.9 Å². The monoisotopic (exact) mass is 495 g/mol.